The van der Waals surface area contributed by atoms with Crippen LogP contribution in [0.4, 0.5) is 0 Å². The second-order valence-corrected chi connectivity index (χ2v) is 8.83. The van der Waals surface area contributed by atoms with E-state index < -0.39 is 17.9 Å². The van der Waals surface area contributed by atoms with Crippen LogP contribution in [0.25, 0.3) is 22.0 Å². The molecule has 0 unspecified atom stereocenters. The highest BCUT2D eigenvalue weighted by molar-refractivity contribution is 5.99. The van der Waals surface area contributed by atoms with Gasteiger partial charge in [0, 0.05) is 22.7 Å². The van der Waals surface area contributed by atoms with E-state index in [2.05, 4.69) is 10.3 Å². The van der Waals surface area contributed by atoms with Gasteiger partial charge in [-0.1, -0.05) is 24.3 Å². The van der Waals surface area contributed by atoms with Crippen LogP contribution in [0.5, 0.6) is 11.5 Å². The summed E-state index contributed by atoms with van der Waals surface area (Å²) in [6.07, 6.45) is 2.10. The van der Waals surface area contributed by atoms with Crippen molar-refractivity contribution in [3.8, 4) is 22.6 Å². The van der Waals surface area contributed by atoms with Gasteiger partial charge in [0.05, 0.1) is 29.9 Å². The number of carboxylic acid groups (broad SMARTS) is 1. The van der Waals surface area contributed by atoms with E-state index in [1.165, 1.54) is 18.2 Å². The number of H-pyrrole nitrogens is 1. The summed E-state index contributed by atoms with van der Waals surface area (Å²) in [4.78, 5) is 27.8. The number of carbonyl (C=O) groups is 2. The van der Waals surface area contributed by atoms with Gasteiger partial charge in [-0.15, -0.1) is 0 Å². The molecule has 0 radical (unpaired) electrons. The molecule has 0 aliphatic heterocycles. The molecule has 36 heavy (non-hydrogen) atoms. The van der Waals surface area contributed by atoms with E-state index in [9.17, 15) is 19.8 Å². The van der Waals surface area contributed by atoms with Crippen LogP contribution in [0.3, 0.4) is 0 Å². The van der Waals surface area contributed by atoms with Crippen molar-refractivity contribution in [2.75, 3.05) is 6.61 Å². The fourth-order valence-corrected chi connectivity index (χ4v) is 4.13. The standard InChI is InChI=1S/C28H28N2O6/c1-16(2)36-26-10-8-17(22-9-7-18(28(34)35)13-25(22)32)12-23(26)27(33)30-20(15-31)11-19-14-29-24-6-4-3-5-21(19)24/h3-10,12-14,16,20,29,31-32H,11,15H2,1-2H3,(H,30,33)(H,34,35)/t20-/m1/s1. The number of nitrogens with one attached hydrogen (secondary N) is 2. The number of aliphatic hydroxyl groups excluding tert-OH is 1. The minimum absolute atomic E-state index is 0.0444. The summed E-state index contributed by atoms with van der Waals surface area (Å²) in [6.45, 7) is 3.43. The van der Waals surface area contributed by atoms with Crippen LogP contribution in [-0.4, -0.2) is 50.9 Å². The third-order valence-electron chi connectivity index (χ3n) is 5.84. The van der Waals surface area contributed by atoms with Crippen LogP contribution in [0.1, 0.15) is 40.1 Å². The fraction of sp³-hybridized carbons (Fsp3) is 0.214. The predicted octanol–water partition coefficient (Wildman–Crippen LogP) is 4.36. The molecule has 0 aliphatic rings. The summed E-state index contributed by atoms with van der Waals surface area (Å²) in [6, 6.07) is 16.2. The summed E-state index contributed by atoms with van der Waals surface area (Å²) in [5.74, 6) is -1.45. The number of hydrogen-bond donors (Lipinski definition) is 5. The highest BCUT2D eigenvalue weighted by Crippen LogP contribution is 2.33. The van der Waals surface area contributed by atoms with E-state index in [-0.39, 0.29) is 29.6 Å². The lowest BCUT2D eigenvalue weighted by Gasteiger charge is -2.19. The molecule has 4 aromatic rings. The molecule has 1 amide bonds. The molecule has 5 N–H and O–H groups in total. The molecule has 3 aromatic carbocycles. The number of aromatic carboxylic acids is 1. The summed E-state index contributed by atoms with van der Waals surface area (Å²) in [5, 5.41) is 33.5. The number of aromatic amines is 1. The molecule has 8 nitrogen and oxygen atoms in total. The van der Waals surface area contributed by atoms with Crippen molar-refractivity contribution in [1.82, 2.24) is 10.3 Å². The Kier molecular flexibility index (Phi) is 7.26. The lowest BCUT2D eigenvalue weighted by Crippen LogP contribution is -2.39. The van der Waals surface area contributed by atoms with Crippen molar-refractivity contribution < 1.29 is 29.6 Å². The lowest BCUT2D eigenvalue weighted by atomic mass is 9.99. The van der Waals surface area contributed by atoms with E-state index in [1.807, 2.05) is 44.3 Å². The van der Waals surface area contributed by atoms with Gasteiger partial charge in [0.15, 0.2) is 0 Å². The van der Waals surface area contributed by atoms with E-state index in [1.54, 1.807) is 18.2 Å². The number of hydrogen-bond acceptors (Lipinski definition) is 5. The predicted molar refractivity (Wildman–Crippen MR) is 137 cm³/mol. The Bertz CT molecular complexity index is 1410. The zero-order valence-electron chi connectivity index (χ0n) is 20.0. The molecule has 8 heteroatoms. The van der Waals surface area contributed by atoms with Gasteiger partial charge in [0.25, 0.3) is 5.91 Å². The molecule has 1 heterocycles. The number of benzene rings is 3. The number of fused-ring (bicyclic) bond motifs is 1. The smallest absolute Gasteiger partial charge is 0.335 e. The fourth-order valence-electron chi connectivity index (χ4n) is 4.13. The molecule has 4 rings (SSSR count). The zero-order valence-corrected chi connectivity index (χ0v) is 20.0. The van der Waals surface area contributed by atoms with Crippen LogP contribution in [0.2, 0.25) is 0 Å². The first kappa shape index (κ1) is 24.8. The summed E-state index contributed by atoms with van der Waals surface area (Å²) in [5.41, 5.74) is 3.04. The van der Waals surface area contributed by atoms with Crippen LogP contribution in [0.15, 0.2) is 66.9 Å². The van der Waals surface area contributed by atoms with Gasteiger partial charge in [0.2, 0.25) is 0 Å². The van der Waals surface area contributed by atoms with Gasteiger partial charge in [-0.2, -0.15) is 0 Å². The van der Waals surface area contributed by atoms with Gasteiger partial charge in [0.1, 0.15) is 11.5 Å². The summed E-state index contributed by atoms with van der Waals surface area (Å²) >= 11 is 0. The summed E-state index contributed by atoms with van der Waals surface area (Å²) in [7, 11) is 0. The number of aromatic hydroxyl groups is 1. The monoisotopic (exact) mass is 488 g/mol. The first-order valence-corrected chi connectivity index (χ1v) is 11.6. The Morgan fingerprint density at radius 2 is 1.83 bits per heavy atom. The minimum atomic E-state index is -1.15. The molecule has 0 bridgehead atoms. The van der Waals surface area contributed by atoms with Crippen molar-refractivity contribution >= 4 is 22.8 Å². The van der Waals surface area contributed by atoms with Crippen LogP contribution in [0, 0.1) is 0 Å². The average Bonchev–Trinajstić information content (AvgIpc) is 3.26. The number of ether oxygens (including phenoxy) is 1. The zero-order chi connectivity index (χ0) is 25.8. The molecule has 186 valence electrons. The Morgan fingerprint density at radius 3 is 2.53 bits per heavy atom. The maximum absolute atomic E-state index is 13.4. The third kappa shape index (κ3) is 5.34. The van der Waals surface area contributed by atoms with Gasteiger partial charge in [-0.3, -0.25) is 4.79 Å². The number of phenolic OH excluding ortho intramolecular Hbond substituents is 1. The molecule has 0 saturated carbocycles. The number of phenols is 1. The number of carbonyl (C=O) groups excluding carboxylic acids is 1. The molecule has 1 atom stereocenters. The number of rotatable bonds is 9. The van der Waals surface area contributed by atoms with Crippen LogP contribution in [-0.2, 0) is 6.42 Å². The topological polar surface area (TPSA) is 132 Å². The first-order chi connectivity index (χ1) is 17.3. The van der Waals surface area contributed by atoms with E-state index in [0.717, 1.165) is 16.5 Å². The van der Waals surface area contributed by atoms with Gasteiger partial charge >= 0.3 is 5.97 Å². The van der Waals surface area contributed by atoms with Crippen molar-refractivity contribution in [3.05, 3.63) is 83.6 Å². The Balaban J connectivity index is 1.63. The molecular formula is C28H28N2O6. The first-order valence-electron chi connectivity index (χ1n) is 11.6. The highest BCUT2D eigenvalue weighted by atomic mass is 16.5. The average molecular weight is 489 g/mol. The second kappa shape index (κ2) is 10.5. The maximum Gasteiger partial charge on any atom is 0.335 e. The Labute approximate surface area is 208 Å². The number of carboxylic acids is 1. The van der Waals surface area contributed by atoms with Crippen molar-refractivity contribution in [1.29, 1.82) is 0 Å². The minimum Gasteiger partial charge on any atom is -0.507 e. The molecule has 1 aromatic heterocycles. The third-order valence-corrected chi connectivity index (χ3v) is 5.84. The summed E-state index contributed by atoms with van der Waals surface area (Å²) < 4.78 is 5.85. The Morgan fingerprint density at radius 1 is 1.06 bits per heavy atom. The quantitative estimate of drug-likeness (QED) is 0.238. The van der Waals surface area contributed by atoms with E-state index >= 15 is 0 Å². The highest BCUT2D eigenvalue weighted by Gasteiger charge is 2.21. The number of amides is 1. The number of para-hydroxylation sites is 1. The largest absolute Gasteiger partial charge is 0.507 e. The number of aliphatic hydroxyl groups is 1. The Hall–Kier alpha value is -4.30. The van der Waals surface area contributed by atoms with Gasteiger partial charge in [-0.05, 0) is 67.8 Å². The van der Waals surface area contributed by atoms with Gasteiger partial charge in [-0.25, -0.2) is 4.79 Å². The van der Waals surface area contributed by atoms with Crippen molar-refractivity contribution in [3.63, 3.8) is 0 Å². The number of aromatic nitrogens is 1. The van der Waals surface area contributed by atoms with E-state index in [4.69, 9.17) is 9.84 Å². The normalized spacial score (nSPS) is 12.0. The molecular weight excluding hydrogens is 460 g/mol. The van der Waals surface area contributed by atoms with Crippen LogP contribution < -0.4 is 10.1 Å². The molecule has 0 saturated heterocycles. The second-order valence-electron chi connectivity index (χ2n) is 8.83. The lowest BCUT2D eigenvalue weighted by molar-refractivity contribution is 0.0696. The van der Waals surface area contributed by atoms with Crippen LogP contribution >= 0.6 is 0 Å². The van der Waals surface area contributed by atoms with Crippen molar-refractivity contribution in [2.45, 2.75) is 32.4 Å². The molecule has 0 spiro atoms. The molecule has 0 fully saturated rings. The van der Waals surface area contributed by atoms with Gasteiger partial charge < -0.3 is 30.4 Å². The SMILES string of the molecule is CC(C)Oc1ccc(-c2ccc(C(=O)O)cc2O)cc1C(=O)N[C@@H](CO)Cc1c[nH]c2ccccc12. The van der Waals surface area contributed by atoms with Crippen molar-refractivity contribution in [2.24, 2.45) is 0 Å². The molecule has 0 aliphatic carbocycles. The van der Waals surface area contributed by atoms with E-state index in [0.29, 0.717) is 23.3 Å². The maximum atomic E-state index is 13.4.